The topological polar surface area (TPSA) is 20.2 Å². The second-order valence-electron chi connectivity index (χ2n) is 2.95. The van der Waals surface area contributed by atoms with Gasteiger partial charge in [0.2, 0.25) is 0 Å². The maximum atomic E-state index is 9.07. The molecule has 1 N–H and O–H groups in total. The minimum absolute atomic E-state index is 0.975. The van der Waals surface area contributed by atoms with Gasteiger partial charge in [-0.05, 0) is 42.6 Å². The van der Waals surface area contributed by atoms with Crippen molar-refractivity contribution in [3.05, 3.63) is 28.8 Å². The van der Waals surface area contributed by atoms with Gasteiger partial charge in [-0.15, -0.1) is 0 Å². The molecule has 2 heteroatoms. The Hall–Kier alpha value is -0.603. The largest absolute Gasteiger partial charge is 0.433 e. The summed E-state index contributed by atoms with van der Waals surface area (Å²) < 4.78 is 0. The number of benzene rings is 1. The molecule has 0 aliphatic rings. The third-order valence-corrected chi connectivity index (χ3v) is 3.45. The van der Waals surface area contributed by atoms with Gasteiger partial charge < -0.3 is 4.80 Å². The minimum Gasteiger partial charge on any atom is -0.433 e. The lowest BCUT2D eigenvalue weighted by molar-refractivity contribution is 0.615. The molecule has 60 valence electrons. The second-order valence-corrected chi connectivity index (χ2v) is 4.03. The molecule has 0 bridgehead atoms. The van der Waals surface area contributed by atoms with Crippen molar-refractivity contribution >= 4 is 14.9 Å². The van der Waals surface area contributed by atoms with Gasteiger partial charge in [-0.1, -0.05) is 12.1 Å². The summed E-state index contributed by atoms with van der Waals surface area (Å²) >= 11 is 0. The van der Waals surface area contributed by atoms with Crippen LogP contribution in [0.2, 0.25) is 0 Å². The summed E-state index contributed by atoms with van der Waals surface area (Å²) in [6.07, 6.45) is 0. The normalized spacial score (nSPS) is 11.3. The van der Waals surface area contributed by atoms with Gasteiger partial charge in [0, 0.05) is 0 Å². The summed E-state index contributed by atoms with van der Waals surface area (Å²) in [5.41, 5.74) is 3.91. The first-order valence-corrected chi connectivity index (χ1v) is 5.17. The Morgan fingerprint density at radius 1 is 1.09 bits per heavy atom. The molecule has 0 saturated heterocycles. The zero-order valence-corrected chi connectivity index (χ0v) is 8.72. The molecule has 1 aromatic rings. The maximum absolute atomic E-state index is 9.07. The number of hydrogen-bond acceptors (Lipinski definition) is 1. The van der Waals surface area contributed by atoms with Crippen LogP contribution in [0.3, 0.4) is 0 Å². The molecular formula is C9H14OSi. The van der Waals surface area contributed by atoms with Crippen molar-refractivity contribution in [2.24, 2.45) is 0 Å². The molecule has 0 heterocycles. The Labute approximate surface area is 70.0 Å². The Morgan fingerprint density at radius 2 is 1.73 bits per heavy atom. The van der Waals surface area contributed by atoms with Crippen molar-refractivity contribution in [3.63, 3.8) is 0 Å². The Kier molecular flexibility index (Phi) is 2.47. The van der Waals surface area contributed by atoms with Gasteiger partial charge >= 0.3 is 0 Å². The van der Waals surface area contributed by atoms with Crippen molar-refractivity contribution in [3.8, 4) is 0 Å². The number of rotatable bonds is 1. The SMILES string of the molecule is Cc1ccc([SiH2]O)c(C)c1C. The molecule has 0 spiro atoms. The van der Waals surface area contributed by atoms with Gasteiger partial charge in [-0.2, -0.15) is 0 Å². The van der Waals surface area contributed by atoms with Crippen molar-refractivity contribution in [1.82, 2.24) is 0 Å². The first-order valence-electron chi connectivity index (χ1n) is 3.83. The van der Waals surface area contributed by atoms with E-state index >= 15 is 0 Å². The van der Waals surface area contributed by atoms with E-state index in [1.807, 2.05) is 6.07 Å². The average molecular weight is 166 g/mol. The molecule has 1 nitrogen and oxygen atoms in total. The monoisotopic (exact) mass is 166 g/mol. The van der Waals surface area contributed by atoms with E-state index in [1.54, 1.807) is 0 Å². The van der Waals surface area contributed by atoms with E-state index in [-0.39, 0.29) is 0 Å². The van der Waals surface area contributed by atoms with Gasteiger partial charge in [0.25, 0.3) is 0 Å². The van der Waals surface area contributed by atoms with Crippen LogP contribution in [0.4, 0.5) is 0 Å². The molecule has 0 radical (unpaired) electrons. The van der Waals surface area contributed by atoms with Crippen LogP contribution in [0.25, 0.3) is 0 Å². The van der Waals surface area contributed by atoms with Crippen LogP contribution < -0.4 is 5.19 Å². The lowest BCUT2D eigenvalue weighted by atomic mass is 10.1. The fourth-order valence-corrected chi connectivity index (χ4v) is 1.91. The summed E-state index contributed by atoms with van der Waals surface area (Å²) in [6, 6.07) is 4.13. The van der Waals surface area contributed by atoms with E-state index < -0.39 is 9.76 Å². The van der Waals surface area contributed by atoms with E-state index in [0.717, 1.165) is 0 Å². The molecule has 1 rings (SSSR count). The van der Waals surface area contributed by atoms with Crippen LogP contribution >= 0.6 is 0 Å². The highest BCUT2D eigenvalue weighted by atomic mass is 28.2. The molecular weight excluding hydrogens is 152 g/mol. The van der Waals surface area contributed by atoms with Gasteiger partial charge in [-0.3, -0.25) is 0 Å². The summed E-state index contributed by atoms with van der Waals surface area (Å²) in [5.74, 6) is 0. The molecule has 0 amide bonds. The zero-order chi connectivity index (χ0) is 8.43. The molecule has 0 fully saturated rings. The molecule has 1 aromatic carbocycles. The molecule has 0 aliphatic heterocycles. The summed E-state index contributed by atoms with van der Waals surface area (Å²) in [4.78, 5) is 9.07. The van der Waals surface area contributed by atoms with Gasteiger partial charge in [0.05, 0.1) is 0 Å². The number of hydrogen-bond donors (Lipinski definition) is 1. The molecule has 0 atom stereocenters. The van der Waals surface area contributed by atoms with E-state index in [2.05, 4.69) is 26.8 Å². The molecule has 0 aromatic heterocycles. The maximum Gasteiger partial charge on any atom is 0.188 e. The standard InChI is InChI=1S/C9H14OSi/c1-6-4-5-9(11-10)8(3)7(6)2/h4-5,10H,11H2,1-3H3. The number of aryl methyl sites for hydroxylation is 1. The van der Waals surface area contributed by atoms with Crippen molar-refractivity contribution in [2.75, 3.05) is 0 Å². The molecule has 0 unspecified atom stereocenters. The average Bonchev–Trinajstić information content (AvgIpc) is 2.01. The van der Waals surface area contributed by atoms with Crippen LogP contribution in [0, 0.1) is 20.8 Å². The predicted molar refractivity (Wildman–Crippen MR) is 51.0 cm³/mol. The van der Waals surface area contributed by atoms with Gasteiger partial charge in [0.1, 0.15) is 0 Å². The van der Waals surface area contributed by atoms with Crippen molar-refractivity contribution in [1.29, 1.82) is 0 Å². The summed E-state index contributed by atoms with van der Waals surface area (Å²) in [6.45, 7) is 6.30. The highest BCUT2D eigenvalue weighted by Gasteiger charge is 2.01. The van der Waals surface area contributed by atoms with Crippen LogP contribution in [0.1, 0.15) is 16.7 Å². The van der Waals surface area contributed by atoms with Gasteiger partial charge in [-0.25, -0.2) is 0 Å². The first-order chi connectivity index (χ1) is 5.16. The fourth-order valence-electron chi connectivity index (χ4n) is 1.18. The third-order valence-electron chi connectivity index (χ3n) is 2.34. The third kappa shape index (κ3) is 1.52. The molecule has 0 saturated carbocycles. The smallest absolute Gasteiger partial charge is 0.188 e. The Morgan fingerprint density at radius 3 is 2.27 bits per heavy atom. The van der Waals surface area contributed by atoms with Crippen molar-refractivity contribution in [2.45, 2.75) is 20.8 Å². The predicted octanol–water partition coefficient (Wildman–Crippen LogP) is 0.313. The molecule has 0 aliphatic carbocycles. The zero-order valence-electron chi connectivity index (χ0n) is 7.31. The fraction of sp³-hybridized carbons (Fsp3) is 0.333. The highest BCUT2D eigenvalue weighted by Crippen LogP contribution is 2.08. The summed E-state index contributed by atoms with van der Waals surface area (Å²) in [5, 5.41) is 1.17. The first kappa shape index (κ1) is 8.49. The second kappa shape index (κ2) is 3.20. The Bertz CT molecular complexity index is 269. The van der Waals surface area contributed by atoms with E-state index in [4.69, 9.17) is 4.80 Å². The van der Waals surface area contributed by atoms with Crippen molar-refractivity contribution < 1.29 is 4.80 Å². The quantitative estimate of drug-likeness (QED) is 0.596. The van der Waals surface area contributed by atoms with Crippen LogP contribution in [-0.2, 0) is 0 Å². The summed E-state index contributed by atoms with van der Waals surface area (Å²) in [7, 11) is -0.975. The highest BCUT2D eigenvalue weighted by molar-refractivity contribution is 6.46. The van der Waals surface area contributed by atoms with Gasteiger partial charge in [0.15, 0.2) is 9.76 Å². The van der Waals surface area contributed by atoms with E-state index in [1.165, 1.54) is 21.9 Å². The van der Waals surface area contributed by atoms with E-state index in [9.17, 15) is 0 Å². The minimum atomic E-state index is -0.975. The lowest BCUT2D eigenvalue weighted by Gasteiger charge is -2.07. The van der Waals surface area contributed by atoms with Crippen LogP contribution in [0.15, 0.2) is 12.1 Å². The lowest BCUT2D eigenvalue weighted by Crippen LogP contribution is -2.18. The van der Waals surface area contributed by atoms with Crippen LogP contribution in [-0.4, -0.2) is 14.6 Å². The molecule has 11 heavy (non-hydrogen) atoms. The van der Waals surface area contributed by atoms with Crippen LogP contribution in [0.5, 0.6) is 0 Å². The van der Waals surface area contributed by atoms with E-state index in [0.29, 0.717) is 0 Å². The Balaban J connectivity index is 3.25.